The second kappa shape index (κ2) is 8.73. The van der Waals surface area contributed by atoms with E-state index in [0.29, 0.717) is 25.8 Å². The van der Waals surface area contributed by atoms with Gasteiger partial charge in [-0.1, -0.05) is 24.3 Å². The summed E-state index contributed by atoms with van der Waals surface area (Å²) >= 11 is 0. The van der Waals surface area contributed by atoms with Gasteiger partial charge in [-0.25, -0.2) is 17.9 Å². The van der Waals surface area contributed by atoms with Crippen LogP contribution in [0.4, 0.5) is 4.39 Å². The minimum Gasteiger partial charge on any atom is -0.356 e. The zero-order chi connectivity index (χ0) is 18.3. The summed E-state index contributed by atoms with van der Waals surface area (Å²) in [6, 6.07) is 12.5. The van der Waals surface area contributed by atoms with Crippen molar-refractivity contribution in [1.29, 1.82) is 0 Å². The third-order valence-corrected chi connectivity index (χ3v) is 4.70. The van der Waals surface area contributed by atoms with Crippen molar-refractivity contribution in [3.63, 3.8) is 0 Å². The Kier molecular flexibility index (Phi) is 6.66. The molecule has 2 aromatic carbocycles. The summed E-state index contributed by atoms with van der Waals surface area (Å²) in [7, 11) is -3.68. The van der Waals surface area contributed by atoms with E-state index in [4.69, 9.17) is 5.14 Å². The smallest absolute Gasteiger partial charge is 0.238 e. The highest BCUT2D eigenvalue weighted by atomic mass is 32.2. The lowest BCUT2D eigenvalue weighted by Crippen LogP contribution is -2.25. The van der Waals surface area contributed by atoms with E-state index < -0.39 is 10.0 Å². The van der Waals surface area contributed by atoms with Crippen molar-refractivity contribution in [2.24, 2.45) is 5.14 Å². The Hall–Kier alpha value is -2.25. The Morgan fingerprint density at radius 3 is 2.12 bits per heavy atom. The fourth-order valence-corrected chi connectivity index (χ4v) is 2.90. The number of halogens is 1. The van der Waals surface area contributed by atoms with Crippen LogP contribution in [0.15, 0.2) is 53.4 Å². The van der Waals surface area contributed by atoms with Crippen molar-refractivity contribution in [3.05, 3.63) is 65.5 Å². The maximum absolute atomic E-state index is 12.8. The average Bonchev–Trinajstić information content (AvgIpc) is 2.56. The highest BCUT2D eigenvalue weighted by Crippen LogP contribution is 2.09. The Bertz CT molecular complexity index is 803. The topological polar surface area (TPSA) is 89.3 Å². The molecule has 0 spiro atoms. The molecule has 3 N–H and O–H groups in total. The molecule has 0 bridgehead atoms. The maximum atomic E-state index is 12.8. The number of hydrogen-bond acceptors (Lipinski definition) is 3. The van der Waals surface area contributed by atoms with Crippen LogP contribution in [0, 0.1) is 5.82 Å². The molecule has 0 radical (unpaired) electrons. The van der Waals surface area contributed by atoms with Crippen LogP contribution in [-0.4, -0.2) is 20.9 Å². The molecule has 5 nitrogen and oxygen atoms in total. The Morgan fingerprint density at radius 2 is 1.52 bits per heavy atom. The molecule has 25 heavy (non-hydrogen) atoms. The molecule has 0 saturated heterocycles. The van der Waals surface area contributed by atoms with Gasteiger partial charge in [0.15, 0.2) is 0 Å². The molecule has 0 atom stereocenters. The number of amides is 1. The van der Waals surface area contributed by atoms with Gasteiger partial charge in [-0.15, -0.1) is 0 Å². The average molecular weight is 364 g/mol. The number of benzene rings is 2. The lowest BCUT2D eigenvalue weighted by molar-refractivity contribution is -0.121. The van der Waals surface area contributed by atoms with Crippen LogP contribution in [0.3, 0.4) is 0 Å². The van der Waals surface area contributed by atoms with E-state index in [0.717, 1.165) is 17.5 Å². The quantitative estimate of drug-likeness (QED) is 0.752. The monoisotopic (exact) mass is 364 g/mol. The molecule has 0 aliphatic rings. The van der Waals surface area contributed by atoms with Crippen LogP contribution in [0.2, 0.25) is 0 Å². The van der Waals surface area contributed by atoms with Crippen LogP contribution in [0.5, 0.6) is 0 Å². The highest BCUT2D eigenvalue weighted by molar-refractivity contribution is 7.89. The van der Waals surface area contributed by atoms with E-state index in [9.17, 15) is 17.6 Å². The van der Waals surface area contributed by atoms with Crippen LogP contribution in [0.25, 0.3) is 0 Å². The fourth-order valence-electron chi connectivity index (χ4n) is 2.38. The summed E-state index contributed by atoms with van der Waals surface area (Å²) in [5.74, 6) is -0.304. The first kappa shape index (κ1) is 19.1. The molecule has 134 valence electrons. The van der Waals surface area contributed by atoms with Crippen molar-refractivity contribution >= 4 is 15.9 Å². The van der Waals surface area contributed by atoms with Gasteiger partial charge in [0, 0.05) is 13.0 Å². The predicted molar refractivity (Wildman–Crippen MR) is 93.9 cm³/mol. The van der Waals surface area contributed by atoms with E-state index >= 15 is 0 Å². The first-order valence-electron chi connectivity index (χ1n) is 7.97. The third kappa shape index (κ3) is 6.64. The normalized spacial score (nSPS) is 11.3. The fraction of sp³-hybridized carbons (Fsp3) is 0.278. The molecule has 0 aliphatic heterocycles. The van der Waals surface area contributed by atoms with Gasteiger partial charge in [0.05, 0.1) is 4.90 Å². The van der Waals surface area contributed by atoms with Crippen LogP contribution in [-0.2, 0) is 27.7 Å². The van der Waals surface area contributed by atoms with Crippen LogP contribution in [0.1, 0.15) is 24.0 Å². The molecule has 0 unspecified atom stereocenters. The van der Waals surface area contributed by atoms with Gasteiger partial charge in [-0.2, -0.15) is 0 Å². The number of carbonyl (C=O) groups excluding carboxylic acids is 1. The van der Waals surface area contributed by atoms with Crippen LogP contribution >= 0.6 is 0 Å². The minimum absolute atomic E-state index is 0.0386. The van der Waals surface area contributed by atoms with Crippen molar-refractivity contribution < 1.29 is 17.6 Å². The second-order valence-corrected chi connectivity index (χ2v) is 7.33. The Labute approximate surface area is 147 Å². The van der Waals surface area contributed by atoms with Gasteiger partial charge in [-0.05, 0) is 54.7 Å². The van der Waals surface area contributed by atoms with Gasteiger partial charge in [-0.3, -0.25) is 4.79 Å². The summed E-state index contributed by atoms with van der Waals surface area (Å²) in [6.45, 7) is 0.476. The van der Waals surface area contributed by atoms with Crippen molar-refractivity contribution in [2.45, 2.75) is 30.6 Å². The first-order chi connectivity index (χ1) is 11.8. The minimum atomic E-state index is -3.68. The number of hydrogen-bond donors (Lipinski definition) is 2. The van der Waals surface area contributed by atoms with Crippen molar-refractivity contribution in [3.8, 4) is 0 Å². The Morgan fingerprint density at radius 1 is 0.960 bits per heavy atom. The van der Waals surface area contributed by atoms with Crippen molar-refractivity contribution in [2.75, 3.05) is 6.54 Å². The van der Waals surface area contributed by atoms with Crippen molar-refractivity contribution in [1.82, 2.24) is 5.32 Å². The Balaban J connectivity index is 1.67. The van der Waals surface area contributed by atoms with E-state index in [-0.39, 0.29) is 16.6 Å². The molecule has 0 fully saturated rings. The largest absolute Gasteiger partial charge is 0.356 e. The number of rotatable bonds is 8. The number of aryl methyl sites for hydroxylation is 1. The predicted octanol–water partition coefficient (Wildman–Crippen LogP) is 2.15. The van der Waals surface area contributed by atoms with E-state index in [2.05, 4.69) is 5.32 Å². The summed E-state index contributed by atoms with van der Waals surface area (Å²) in [6.07, 6.45) is 2.43. The zero-order valence-corrected chi connectivity index (χ0v) is 14.6. The second-order valence-electron chi connectivity index (χ2n) is 5.77. The lowest BCUT2D eigenvalue weighted by Gasteiger charge is -2.06. The molecule has 2 rings (SSSR count). The number of sulfonamides is 1. The molecule has 0 heterocycles. The summed E-state index contributed by atoms with van der Waals surface area (Å²) in [5, 5.41) is 7.87. The van der Waals surface area contributed by atoms with Gasteiger partial charge in [0.25, 0.3) is 0 Å². The van der Waals surface area contributed by atoms with Gasteiger partial charge in [0.1, 0.15) is 5.82 Å². The van der Waals surface area contributed by atoms with E-state index in [1.807, 2.05) is 0 Å². The third-order valence-electron chi connectivity index (χ3n) is 3.77. The number of nitrogens with two attached hydrogens (primary N) is 1. The number of primary sulfonamides is 1. The number of carbonyl (C=O) groups is 1. The van der Waals surface area contributed by atoms with Gasteiger partial charge < -0.3 is 5.32 Å². The van der Waals surface area contributed by atoms with Crippen LogP contribution < -0.4 is 10.5 Å². The molecule has 0 saturated carbocycles. The zero-order valence-electron chi connectivity index (χ0n) is 13.7. The molecule has 2 aromatic rings. The lowest BCUT2D eigenvalue weighted by atomic mass is 10.1. The molecule has 0 aromatic heterocycles. The van der Waals surface area contributed by atoms with Gasteiger partial charge >= 0.3 is 0 Å². The molecule has 7 heteroatoms. The van der Waals surface area contributed by atoms with E-state index in [1.54, 1.807) is 24.3 Å². The maximum Gasteiger partial charge on any atom is 0.238 e. The summed E-state index contributed by atoms with van der Waals surface area (Å²) < 4.78 is 35.1. The first-order valence-corrected chi connectivity index (χ1v) is 9.52. The SMILES string of the molecule is NS(=O)(=O)c1ccc(CCNC(=O)CCCc2ccc(F)cc2)cc1. The standard InChI is InChI=1S/C18H21FN2O3S/c19-16-8-4-14(5-9-16)2-1-3-18(22)21-13-12-15-6-10-17(11-7-15)25(20,23)24/h4-11H,1-3,12-13H2,(H,21,22)(H2,20,23,24). The summed E-state index contributed by atoms with van der Waals surface area (Å²) in [5.41, 5.74) is 1.92. The highest BCUT2D eigenvalue weighted by Gasteiger charge is 2.07. The van der Waals surface area contributed by atoms with Gasteiger partial charge in [0.2, 0.25) is 15.9 Å². The van der Waals surface area contributed by atoms with E-state index in [1.165, 1.54) is 24.3 Å². The molecule has 0 aliphatic carbocycles. The number of nitrogens with one attached hydrogen (secondary N) is 1. The molecular weight excluding hydrogens is 343 g/mol. The molecule has 1 amide bonds. The molecular formula is C18H21FN2O3S. The summed E-state index contributed by atoms with van der Waals surface area (Å²) in [4.78, 5) is 11.9.